The van der Waals surface area contributed by atoms with E-state index in [0.717, 1.165) is 24.7 Å². The first-order valence-corrected chi connectivity index (χ1v) is 6.24. The van der Waals surface area contributed by atoms with E-state index in [4.69, 9.17) is 15.6 Å². The number of aliphatic hydroxyl groups is 1. The van der Waals surface area contributed by atoms with Gasteiger partial charge in [-0.25, -0.2) is 0 Å². The molecule has 2 fully saturated rings. The van der Waals surface area contributed by atoms with E-state index in [1.54, 1.807) is 0 Å². The standard InChI is InChI=1S/C12H23NO2/c13-9-12(15-7-6-14)5-1-2-11(8-12)10-3-4-10/h10-11,14H,1-9,13H2. The monoisotopic (exact) mass is 213 g/mol. The Bertz CT molecular complexity index is 206. The highest BCUT2D eigenvalue weighted by Gasteiger charge is 2.41. The fraction of sp³-hybridized carbons (Fsp3) is 1.00. The van der Waals surface area contributed by atoms with Crippen molar-refractivity contribution in [3.05, 3.63) is 0 Å². The molecule has 2 aliphatic rings. The first-order chi connectivity index (χ1) is 7.29. The summed E-state index contributed by atoms with van der Waals surface area (Å²) in [6.45, 7) is 1.15. The van der Waals surface area contributed by atoms with Gasteiger partial charge in [0.2, 0.25) is 0 Å². The Morgan fingerprint density at radius 3 is 2.67 bits per heavy atom. The van der Waals surface area contributed by atoms with Crippen LogP contribution in [-0.4, -0.2) is 30.5 Å². The minimum Gasteiger partial charge on any atom is -0.394 e. The number of nitrogens with two attached hydrogens (primary N) is 1. The van der Waals surface area contributed by atoms with Crippen LogP contribution in [0.5, 0.6) is 0 Å². The molecule has 0 aliphatic heterocycles. The average Bonchev–Trinajstić information content (AvgIpc) is 3.11. The van der Waals surface area contributed by atoms with Gasteiger partial charge in [-0.1, -0.05) is 6.42 Å². The van der Waals surface area contributed by atoms with Crippen molar-refractivity contribution in [1.29, 1.82) is 0 Å². The van der Waals surface area contributed by atoms with E-state index in [0.29, 0.717) is 13.2 Å². The van der Waals surface area contributed by atoms with Crippen molar-refractivity contribution in [1.82, 2.24) is 0 Å². The minimum atomic E-state index is -0.117. The van der Waals surface area contributed by atoms with Gasteiger partial charge in [0.25, 0.3) is 0 Å². The van der Waals surface area contributed by atoms with Gasteiger partial charge in [-0.3, -0.25) is 0 Å². The molecule has 2 aliphatic carbocycles. The molecule has 0 amide bonds. The summed E-state index contributed by atoms with van der Waals surface area (Å²) in [5, 5.41) is 8.83. The van der Waals surface area contributed by atoms with E-state index in [9.17, 15) is 0 Å². The summed E-state index contributed by atoms with van der Waals surface area (Å²) in [4.78, 5) is 0. The Hall–Kier alpha value is -0.120. The Morgan fingerprint density at radius 1 is 1.27 bits per heavy atom. The van der Waals surface area contributed by atoms with E-state index in [1.165, 1.54) is 25.7 Å². The smallest absolute Gasteiger partial charge is 0.0808 e. The molecular formula is C12H23NO2. The number of rotatable bonds is 5. The first kappa shape index (κ1) is 11.4. The van der Waals surface area contributed by atoms with Crippen molar-refractivity contribution in [2.24, 2.45) is 17.6 Å². The Labute approximate surface area is 92.0 Å². The number of ether oxygens (including phenoxy) is 1. The molecule has 2 saturated carbocycles. The predicted octanol–water partition coefficient (Wildman–Crippen LogP) is 1.29. The van der Waals surface area contributed by atoms with Crippen molar-refractivity contribution in [2.75, 3.05) is 19.8 Å². The molecule has 88 valence electrons. The highest BCUT2D eigenvalue weighted by molar-refractivity contribution is 4.94. The van der Waals surface area contributed by atoms with Crippen LogP contribution in [0.3, 0.4) is 0 Å². The van der Waals surface area contributed by atoms with E-state index in [1.807, 2.05) is 0 Å². The van der Waals surface area contributed by atoms with Gasteiger partial charge in [-0.05, 0) is 43.9 Å². The average molecular weight is 213 g/mol. The number of hydrogen-bond donors (Lipinski definition) is 2. The maximum atomic E-state index is 8.83. The van der Waals surface area contributed by atoms with Gasteiger partial charge in [0, 0.05) is 6.54 Å². The van der Waals surface area contributed by atoms with E-state index in [-0.39, 0.29) is 12.2 Å². The number of hydrogen-bond acceptors (Lipinski definition) is 3. The molecule has 15 heavy (non-hydrogen) atoms. The van der Waals surface area contributed by atoms with Crippen molar-refractivity contribution in [2.45, 2.75) is 44.1 Å². The fourth-order valence-corrected chi connectivity index (χ4v) is 2.98. The molecule has 3 N–H and O–H groups in total. The van der Waals surface area contributed by atoms with Gasteiger partial charge in [0.15, 0.2) is 0 Å². The molecule has 0 aromatic rings. The fourth-order valence-electron chi connectivity index (χ4n) is 2.98. The van der Waals surface area contributed by atoms with E-state index < -0.39 is 0 Å². The van der Waals surface area contributed by atoms with Crippen LogP contribution in [0.25, 0.3) is 0 Å². The molecule has 3 nitrogen and oxygen atoms in total. The Kier molecular flexibility index (Phi) is 3.65. The summed E-state index contributed by atoms with van der Waals surface area (Å²) >= 11 is 0. The molecule has 2 unspecified atom stereocenters. The van der Waals surface area contributed by atoms with Crippen molar-refractivity contribution in [3.8, 4) is 0 Å². The second-order valence-electron chi connectivity index (χ2n) is 5.15. The lowest BCUT2D eigenvalue weighted by atomic mass is 9.76. The summed E-state index contributed by atoms with van der Waals surface area (Å²) in [7, 11) is 0. The molecule has 2 atom stereocenters. The van der Waals surface area contributed by atoms with Crippen molar-refractivity contribution in [3.63, 3.8) is 0 Å². The molecule has 0 aromatic carbocycles. The topological polar surface area (TPSA) is 55.5 Å². The van der Waals surface area contributed by atoms with Crippen molar-refractivity contribution < 1.29 is 9.84 Å². The Morgan fingerprint density at radius 2 is 2.07 bits per heavy atom. The summed E-state index contributed by atoms with van der Waals surface area (Å²) in [6.07, 6.45) is 7.61. The molecule has 0 spiro atoms. The van der Waals surface area contributed by atoms with Crippen molar-refractivity contribution >= 4 is 0 Å². The summed E-state index contributed by atoms with van der Waals surface area (Å²) < 4.78 is 5.80. The third-order valence-corrected chi connectivity index (χ3v) is 4.00. The molecule has 0 bridgehead atoms. The van der Waals surface area contributed by atoms with Gasteiger partial charge in [0.1, 0.15) is 0 Å². The quantitative estimate of drug-likeness (QED) is 0.723. The lowest BCUT2D eigenvalue weighted by Crippen LogP contribution is -2.45. The van der Waals surface area contributed by atoms with Crippen LogP contribution >= 0.6 is 0 Å². The maximum absolute atomic E-state index is 8.83. The lowest BCUT2D eigenvalue weighted by Gasteiger charge is -2.40. The Balaban J connectivity index is 1.90. The lowest BCUT2D eigenvalue weighted by molar-refractivity contribution is -0.0877. The van der Waals surface area contributed by atoms with Crippen LogP contribution in [0, 0.1) is 11.8 Å². The highest BCUT2D eigenvalue weighted by Crippen LogP contribution is 2.47. The maximum Gasteiger partial charge on any atom is 0.0808 e. The molecule has 0 saturated heterocycles. The third-order valence-electron chi connectivity index (χ3n) is 4.00. The zero-order valence-electron chi connectivity index (χ0n) is 9.45. The number of aliphatic hydroxyl groups excluding tert-OH is 1. The molecule has 0 aromatic heterocycles. The summed E-state index contributed by atoms with van der Waals surface area (Å²) in [5.74, 6) is 1.79. The summed E-state index contributed by atoms with van der Waals surface area (Å²) in [6, 6.07) is 0. The van der Waals surface area contributed by atoms with Gasteiger partial charge in [-0.15, -0.1) is 0 Å². The van der Waals surface area contributed by atoms with Gasteiger partial charge >= 0.3 is 0 Å². The van der Waals surface area contributed by atoms with Gasteiger partial charge in [-0.2, -0.15) is 0 Å². The molecule has 0 heterocycles. The van der Waals surface area contributed by atoms with E-state index >= 15 is 0 Å². The SMILES string of the molecule is NCC1(OCCO)CCCC(C2CC2)C1. The minimum absolute atomic E-state index is 0.107. The van der Waals surface area contributed by atoms with Crippen LogP contribution in [0.1, 0.15) is 38.5 Å². The van der Waals surface area contributed by atoms with Crippen LogP contribution in [0.4, 0.5) is 0 Å². The predicted molar refractivity (Wildman–Crippen MR) is 59.5 cm³/mol. The molecule has 3 heteroatoms. The second kappa shape index (κ2) is 4.81. The van der Waals surface area contributed by atoms with Gasteiger partial charge < -0.3 is 15.6 Å². The van der Waals surface area contributed by atoms with Crippen LogP contribution in [0.2, 0.25) is 0 Å². The largest absolute Gasteiger partial charge is 0.394 e. The van der Waals surface area contributed by atoms with E-state index in [2.05, 4.69) is 0 Å². The van der Waals surface area contributed by atoms with Crippen LogP contribution in [-0.2, 0) is 4.74 Å². The zero-order valence-corrected chi connectivity index (χ0v) is 9.45. The third kappa shape index (κ3) is 2.71. The first-order valence-electron chi connectivity index (χ1n) is 6.24. The van der Waals surface area contributed by atoms with Gasteiger partial charge in [0.05, 0.1) is 18.8 Å². The molecule has 2 rings (SSSR count). The normalized spacial score (nSPS) is 36.8. The second-order valence-corrected chi connectivity index (χ2v) is 5.15. The highest BCUT2D eigenvalue weighted by atomic mass is 16.5. The van der Waals surface area contributed by atoms with Crippen LogP contribution < -0.4 is 5.73 Å². The van der Waals surface area contributed by atoms with Crippen LogP contribution in [0.15, 0.2) is 0 Å². The molecular weight excluding hydrogens is 190 g/mol. The molecule has 0 radical (unpaired) electrons. The summed E-state index contributed by atoms with van der Waals surface area (Å²) in [5.41, 5.74) is 5.74. The zero-order chi connectivity index (χ0) is 10.7.